The number of nitrogens with zero attached hydrogens (tertiary/aromatic N) is 1. The number of aromatic nitrogens is 1. The fourth-order valence-corrected chi connectivity index (χ4v) is 3.00. The Labute approximate surface area is 128 Å². The monoisotopic (exact) mass is 298 g/mol. The summed E-state index contributed by atoms with van der Waals surface area (Å²) in [5.41, 5.74) is 8.07. The van der Waals surface area contributed by atoms with Crippen molar-refractivity contribution in [2.45, 2.75) is 26.5 Å². The van der Waals surface area contributed by atoms with Crippen LogP contribution in [0.5, 0.6) is 5.75 Å². The summed E-state index contributed by atoms with van der Waals surface area (Å²) in [5, 5.41) is 5.34. The van der Waals surface area contributed by atoms with Gasteiger partial charge in [-0.05, 0) is 19.2 Å². The molecule has 21 heavy (non-hydrogen) atoms. The van der Waals surface area contributed by atoms with Crippen molar-refractivity contribution in [3.05, 3.63) is 58.0 Å². The molecular formula is C17H18N2OS. The molecule has 2 N–H and O–H groups in total. The first-order valence-electron chi connectivity index (χ1n) is 6.96. The van der Waals surface area contributed by atoms with Crippen LogP contribution in [0.1, 0.15) is 29.2 Å². The number of fused-ring (bicyclic) bond motifs is 1. The maximum Gasteiger partial charge on any atom is 0.132 e. The van der Waals surface area contributed by atoms with Crippen molar-refractivity contribution in [2.24, 2.45) is 5.73 Å². The number of benzene rings is 2. The van der Waals surface area contributed by atoms with Gasteiger partial charge in [-0.3, -0.25) is 0 Å². The summed E-state index contributed by atoms with van der Waals surface area (Å²) in [6, 6.07) is 12.3. The van der Waals surface area contributed by atoms with Gasteiger partial charge in [-0.1, -0.05) is 36.4 Å². The van der Waals surface area contributed by atoms with Gasteiger partial charge < -0.3 is 10.5 Å². The molecule has 4 heteroatoms. The Balaban J connectivity index is 1.99. The number of nitrogens with two attached hydrogens (primary N) is 1. The first-order chi connectivity index (χ1) is 10.1. The van der Waals surface area contributed by atoms with Gasteiger partial charge in [-0.25, -0.2) is 4.98 Å². The Morgan fingerprint density at radius 3 is 2.76 bits per heavy atom. The smallest absolute Gasteiger partial charge is 0.132 e. The van der Waals surface area contributed by atoms with Gasteiger partial charge in [-0.2, -0.15) is 0 Å². The molecule has 0 spiro atoms. The van der Waals surface area contributed by atoms with Crippen molar-refractivity contribution in [3.8, 4) is 5.75 Å². The molecule has 0 unspecified atom stereocenters. The van der Waals surface area contributed by atoms with Crippen molar-refractivity contribution in [1.82, 2.24) is 4.98 Å². The first kappa shape index (κ1) is 14.0. The van der Waals surface area contributed by atoms with Crippen LogP contribution in [0.3, 0.4) is 0 Å². The molecule has 2 aromatic carbocycles. The first-order valence-corrected chi connectivity index (χ1v) is 7.84. The molecule has 3 aromatic rings. The summed E-state index contributed by atoms with van der Waals surface area (Å²) < 4.78 is 6.08. The fourth-order valence-electron chi connectivity index (χ4n) is 2.40. The van der Waals surface area contributed by atoms with E-state index in [4.69, 9.17) is 10.5 Å². The zero-order chi connectivity index (χ0) is 14.8. The lowest BCUT2D eigenvalue weighted by atomic mass is 10.0. The van der Waals surface area contributed by atoms with Gasteiger partial charge in [0, 0.05) is 22.4 Å². The largest absolute Gasteiger partial charge is 0.486 e. The number of aryl methyl sites for hydroxylation is 1. The fraction of sp³-hybridized carbons (Fsp3) is 0.235. The molecule has 1 atom stereocenters. The molecule has 0 bridgehead atoms. The van der Waals surface area contributed by atoms with Gasteiger partial charge in [0.25, 0.3) is 0 Å². The molecule has 1 aromatic heterocycles. The number of hydrogen-bond acceptors (Lipinski definition) is 4. The van der Waals surface area contributed by atoms with E-state index >= 15 is 0 Å². The molecule has 0 saturated carbocycles. The highest BCUT2D eigenvalue weighted by atomic mass is 32.1. The maximum atomic E-state index is 6.09. The van der Waals surface area contributed by atoms with Crippen LogP contribution in [0.15, 0.2) is 41.8 Å². The van der Waals surface area contributed by atoms with Crippen molar-refractivity contribution < 1.29 is 4.74 Å². The molecule has 3 nitrogen and oxygen atoms in total. The Morgan fingerprint density at radius 1 is 1.24 bits per heavy atom. The Morgan fingerprint density at radius 2 is 2.05 bits per heavy atom. The molecule has 0 saturated heterocycles. The standard InChI is InChI=1S/C17H18N2OS/c1-11(18)15-8-7-13-5-3-4-6-16(13)17(15)20-9-14-10-21-12(2)19-14/h3-8,10-11H,9,18H2,1-2H3/t11-/m1/s1. The van der Waals surface area contributed by atoms with E-state index in [1.165, 1.54) is 0 Å². The van der Waals surface area contributed by atoms with E-state index in [2.05, 4.69) is 29.2 Å². The van der Waals surface area contributed by atoms with Crippen LogP contribution in [0.25, 0.3) is 10.8 Å². The molecule has 0 amide bonds. The average molecular weight is 298 g/mol. The van der Waals surface area contributed by atoms with Crippen LogP contribution in [-0.4, -0.2) is 4.98 Å². The second-order valence-electron chi connectivity index (χ2n) is 5.14. The molecule has 0 aliphatic heterocycles. The summed E-state index contributed by atoms with van der Waals surface area (Å²) in [6.07, 6.45) is 0. The highest BCUT2D eigenvalue weighted by molar-refractivity contribution is 7.09. The Bertz CT molecular complexity index is 764. The van der Waals surface area contributed by atoms with E-state index < -0.39 is 0 Å². The van der Waals surface area contributed by atoms with Crippen molar-refractivity contribution in [1.29, 1.82) is 0 Å². The van der Waals surface area contributed by atoms with Crippen LogP contribution < -0.4 is 10.5 Å². The predicted molar refractivity (Wildman–Crippen MR) is 87.7 cm³/mol. The van der Waals surface area contributed by atoms with Gasteiger partial charge in [0.1, 0.15) is 12.4 Å². The minimum Gasteiger partial charge on any atom is -0.486 e. The third-order valence-electron chi connectivity index (χ3n) is 3.43. The molecule has 0 fully saturated rings. The van der Waals surface area contributed by atoms with E-state index in [9.17, 15) is 0 Å². The van der Waals surface area contributed by atoms with E-state index in [1.807, 2.05) is 31.4 Å². The lowest BCUT2D eigenvalue weighted by Crippen LogP contribution is -2.08. The number of rotatable bonds is 4. The van der Waals surface area contributed by atoms with Gasteiger partial charge in [0.15, 0.2) is 0 Å². The quantitative estimate of drug-likeness (QED) is 0.785. The molecule has 0 aliphatic rings. The lowest BCUT2D eigenvalue weighted by Gasteiger charge is -2.16. The van der Waals surface area contributed by atoms with Crippen LogP contribution >= 0.6 is 11.3 Å². The Kier molecular flexibility index (Phi) is 3.90. The highest BCUT2D eigenvalue weighted by Gasteiger charge is 2.13. The zero-order valence-corrected chi connectivity index (χ0v) is 13.0. The molecule has 108 valence electrons. The van der Waals surface area contributed by atoms with E-state index in [0.717, 1.165) is 32.8 Å². The third-order valence-corrected chi connectivity index (χ3v) is 4.25. The summed E-state index contributed by atoms with van der Waals surface area (Å²) in [5.74, 6) is 0.869. The van der Waals surface area contributed by atoms with Crippen LogP contribution in [0, 0.1) is 6.92 Å². The topological polar surface area (TPSA) is 48.1 Å². The van der Waals surface area contributed by atoms with E-state index in [1.54, 1.807) is 11.3 Å². The summed E-state index contributed by atoms with van der Waals surface area (Å²) >= 11 is 1.64. The molecular weight excluding hydrogens is 280 g/mol. The molecule has 0 radical (unpaired) electrons. The minimum absolute atomic E-state index is 0.0678. The van der Waals surface area contributed by atoms with Crippen LogP contribution in [0.2, 0.25) is 0 Å². The van der Waals surface area contributed by atoms with Gasteiger partial charge in [0.2, 0.25) is 0 Å². The van der Waals surface area contributed by atoms with Crippen LogP contribution in [0.4, 0.5) is 0 Å². The summed E-state index contributed by atoms with van der Waals surface area (Å²) in [7, 11) is 0. The van der Waals surface area contributed by atoms with Gasteiger partial charge in [0.05, 0.1) is 10.7 Å². The number of ether oxygens (including phenoxy) is 1. The third kappa shape index (κ3) is 2.91. The average Bonchev–Trinajstić information content (AvgIpc) is 2.90. The molecule has 1 heterocycles. The van der Waals surface area contributed by atoms with Crippen LogP contribution in [-0.2, 0) is 6.61 Å². The van der Waals surface area contributed by atoms with Crippen molar-refractivity contribution in [2.75, 3.05) is 0 Å². The zero-order valence-electron chi connectivity index (χ0n) is 12.2. The SMILES string of the molecule is Cc1nc(COc2c([C@@H](C)N)ccc3ccccc23)cs1. The van der Waals surface area contributed by atoms with Gasteiger partial charge in [-0.15, -0.1) is 11.3 Å². The summed E-state index contributed by atoms with van der Waals surface area (Å²) in [4.78, 5) is 4.44. The van der Waals surface area contributed by atoms with E-state index in [0.29, 0.717) is 6.61 Å². The number of thiazole rings is 1. The predicted octanol–water partition coefficient (Wildman–Crippen LogP) is 4.20. The molecule has 0 aliphatic carbocycles. The summed E-state index contributed by atoms with van der Waals surface area (Å²) in [6.45, 7) is 4.45. The van der Waals surface area contributed by atoms with Gasteiger partial charge >= 0.3 is 0 Å². The number of hydrogen-bond donors (Lipinski definition) is 1. The lowest BCUT2D eigenvalue weighted by molar-refractivity contribution is 0.301. The normalized spacial score (nSPS) is 12.5. The second-order valence-corrected chi connectivity index (χ2v) is 6.20. The maximum absolute atomic E-state index is 6.09. The van der Waals surface area contributed by atoms with Crippen molar-refractivity contribution in [3.63, 3.8) is 0 Å². The minimum atomic E-state index is -0.0678. The van der Waals surface area contributed by atoms with E-state index in [-0.39, 0.29) is 6.04 Å². The molecule has 3 rings (SSSR count). The second kappa shape index (κ2) is 5.84. The Hall–Kier alpha value is -1.91. The van der Waals surface area contributed by atoms with Crippen molar-refractivity contribution >= 4 is 22.1 Å². The highest BCUT2D eigenvalue weighted by Crippen LogP contribution is 2.33.